The van der Waals surface area contributed by atoms with Crippen LogP contribution in [0.4, 0.5) is 5.69 Å². The van der Waals surface area contributed by atoms with Gasteiger partial charge in [-0.2, -0.15) is 0 Å². The third-order valence-electron chi connectivity index (χ3n) is 3.58. The van der Waals surface area contributed by atoms with Crippen LogP contribution in [0.2, 0.25) is 0 Å². The first-order valence-corrected chi connectivity index (χ1v) is 7.15. The van der Waals surface area contributed by atoms with Crippen LogP contribution in [0.15, 0.2) is 42.5 Å². The first-order chi connectivity index (χ1) is 11.5. The Kier molecular flexibility index (Phi) is 4.11. The lowest BCUT2D eigenvalue weighted by Gasteiger charge is -2.08. The van der Waals surface area contributed by atoms with Crippen LogP contribution in [-0.2, 0) is 6.42 Å². The highest BCUT2D eigenvalue weighted by Gasteiger charge is 2.16. The minimum Gasteiger partial charge on any atom is -0.493 e. The zero-order valence-electron chi connectivity index (χ0n) is 12.4. The van der Waals surface area contributed by atoms with Gasteiger partial charge in [0.05, 0.1) is 11.5 Å². The maximum absolute atomic E-state index is 12.1. The van der Waals surface area contributed by atoms with Gasteiger partial charge in [0.25, 0.3) is 17.5 Å². The van der Waals surface area contributed by atoms with Crippen LogP contribution in [-0.4, -0.2) is 23.3 Å². The SMILES string of the molecule is O=C(NNC(=O)c1ccc2c(c1)CCO2)c1ccc([N+](=O)[O-])cc1. The molecule has 0 unspecified atom stereocenters. The normalized spacial score (nSPS) is 12.0. The second-order valence-corrected chi connectivity index (χ2v) is 5.13. The fourth-order valence-electron chi connectivity index (χ4n) is 2.32. The molecule has 24 heavy (non-hydrogen) atoms. The van der Waals surface area contributed by atoms with E-state index in [9.17, 15) is 19.7 Å². The standard InChI is InChI=1S/C16H13N3O5/c20-15(10-1-4-13(5-2-10)19(22)23)17-18-16(21)12-3-6-14-11(9-12)7-8-24-14/h1-6,9H,7-8H2,(H,17,20)(H,18,21). The fraction of sp³-hybridized carbons (Fsp3) is 0.125. The van der Waals surface area contributed by atoms with E-state index in [-0.39, 0.29) is 11.3 Å². The highest BCUT2D eigenvalue weighted by atomic mass is 16.6. The van der Waals surface area contributed by atoms with Crippen LogP contribution in [0.25, 0.3) is 0 Å². The molecular formula is C16H13N3O5. The predicted octanol–water partition coefficient (Wildman–Crippen LogP) is 1.60. The van der Waals surface area contributed by atoms with Crippen LogP contribution in [0.5, 0.6) is 5.75 Å². The van der Waals surface area contributed by atoms with Crippen LogP contribution in [0.3, 0.4) is 0 Å². The number of nitrogens with zero attached hydrogens (tertiary/aromatic N) is 1. The molecule has 2 N–H and O–H groups in total. The molecule has 0 spiro atoms. The Labute approximate surface area is 136 Å². The van der Waals surface area contributed by atoms with Crippen molar-refractivity contribution in [1.29, 1.82) is 0 Å². The number of rotatable bonds is 3. The van der Waals surface area contributed by atoms with Crippen molar-refractivity contribution in [3.63, 3.8) is 0 Å². The Morgan fingerprint density at radius 2 is 1.62 bits per heavy atom. The molecule has 8 nitrogen and oxygen atoms in total. The van der Waals surface area contributed by atoms with Crippen molar-refractivity contribution in [3.8, 4) is 5.75 Å². The highest BCUT2D eigenvalue weighted by Crippen LogP contribution is 2.25. The van der Waals surface area contributed by atoms with E-state index in [1.807, 2.05) is 0 Å². The first kappa shape index (κ1) is 15.5. The van der Waals surface area contributed by atoms with Crippen LogP contribution in [0, 0.1) is 10.1 Å². The number of ether oxygens (including phenoxy) is 1. The molecule has 122 valence electrons. The van der Waals surface area contributed by atoms with Gasteiger partial charge in [-0.1, -0.05) is 0 Å². The van der Waals surface area contributed by atoms with Gasteiger partial charge in [0, 0.05) is 29.7 Å². The van der Waals surface area contributed by atoms with Gasteiger partial charge in [-0.15, -0.1) is 0 Å². The number of carbonyl (C=O) groups excluding carboxylic acids is 2. The molecule has 0 radical (unpaired) electrons. The number of nitrogens with one attached hydrogen (secondary N) is 2. The summed E-state index contributed by atoms with van der Waals surface area (Å²) in [5.41, 5.74) is 6.02. The molecular weight excluding hydrogens is 314 g/mol. The summed E-state index contributed by atoms with van der Waals surface area (Å²) >= 11 is 0. The van der Waals surface area contributed by atoms with Gasteiger partial charge < -0.3 is 4.74 Å². The third-order valence-corrected chi connectivity index (χ3v) is 3.58. The van der Waals surface area contributed by atoms with Crippen molar-refractivity contribution >= 4 is 17.5 Å². The van der Waals surface area contributed by atoms with Crippen molar-refractivity contribution in [2.75, 3.05) is 6.61 Å². The van der Waals surface area contributed by atoms with E-state index in [1.54, 1.807) is 18.2 Å². The third kappa shape index (κ3) is 3.17. The fourth-order valence-corrected chi connectivity index (χ4v) is 2.32. The van der Waals surface area contributed by atoms with Gasteiger partial charge in [-0.05, 0) is 35.9 Å². The minimum absolute atomic E-state index is 0.115. The molecule has 1 heterocycles. The van der Waals surface area contributed by atoms with Crippen molar-refractivity contribution in [2.24, 2.45) is 0 Å². The Hall–Kier alpha value is -3.42. The Bertz CT molecular complexity index is 817. The monoisotopic (exact) mass is 327 g/mol. The number of amides is 2. The number of hydrogen-bond donors (Lipinski definition) is 2. The van der Waals surface area contributed by atoms with Crippen molar-refractivity contribution in [2.45, 2.75) is 6.42 Å². The average Bonchev–Trinajstić information content (AvgIpc) is 3.07. The lowest BCUT2D eigenvalue weighted by molar-refractivity contribution is -0.384. The van der Waals surface area contributed by atoms with E-state index in [1.165, 1.54) is 24.3 Å². The van der Waals surface area contributed by atoms with E-state index in [4.69, 9.17) is 4.74 Å². The number of hydrazine groups is 1. The molecule has 0 bridgehead atoms. The number of non-ortho nitro benzene ring substituents is 1. The number of hydrogen-bond acceptors (Lipinski definition) is 5. The Morgan fingerprint density at radius 1 is 1.00 bits per heavy atom. The second kappa shape index (κ2) is 6.37. The molecule has 1 aliphatic heterocycles. The summed E-state index contributed by atoms with van der Waals surface area (Å²) < 4.78 is 5.37. The van der Waals surface area contributed by atoms with Crippen LogP contribution < -0.4 is 15.6 Å². The molecule has 0 saturated heterocycles. The van der Waals surface area contributed by atoms with Gasteiger partial charge in [0.2, 0.25) is 0 Å². The largest absolute Gasteiger partial charge is 0.493 e. The first-order valence-electron chi connectivity index (χ1n) is 7.15. The molecule has 0 atom stereocenters. The summed E-state index contributed by atoms with van der Waals surface area (Å²) in [6, 6.07) is 10.1. The molecule has 8 heteroatoms. The Balaban J connectivity index is 1.61. The summed E-state index contributed by atoms with van der Waals surface area (Å²) in [5.74, 6) is -0.260. The van der Waals surface area contributed by atoms with Crippen LogP contribution >= 0.6 is 0 Å². The number of nitro groups is 1. The van der Waals surface area contributed by atoms with Crippen molar-refractivity contribution < 1.29 is 19.2 Å². The van der Waals surface area contributed by atoms with Gasteiger partial charge in [0.15, 0.2) is 0 Å². The average molecular weight is 327 g/mol. The molecule has 3 rings (SSSR count). The Morgan fingerprint density at radius 3 is 2.29 bits per heavy atom. The molecule has 2 aromatic carbocycles. The summed E-state index contributed by atoms with van der Waals surface area (Å²) in [6.07, 6.45) is 0.742. The molecule has 1 aliphatic rings. The molecule has 0 aliphatic carbocycles. The van der Waals surface area contributed by atoms with Crippen LogP contribution in [0.1, 0.15) is 26.3 Å². The number of nitro benzene ring substituents is 1. The summed E-state index contributed by atoms with van der Waals surface area (Å²) in [4.78, 5) is 34.0. The zero-order valence-corrected chi connectivity index (χ0v) is 12.4. The second-order valence-electron chi connectivity index (χ2n) is 5.13. The highest BCUT2D eigenvalue weighted by molar-refractivity contribution is 5.99. The minimum atomic E-state index is -0.567. The van der Waals surface area contributed by atoms with Crippen molar-refractivity contribution in [1.82, 2.24) is 10.9 Å². The van der Waals surface area contributed by atoms with E-state index >= 15 is 0 Å². The zero-order chi connectivity index (χ0) is 17.1. The molecule has 0 fully saturated rings. The van der Waals surface area contributed by atoms with E-state index < -0.39 is 16.7 Å². The topological polar surface area (TPSA) is 111 Å². The quantitative estimate of drug-likeness (QED) is 0.657. The summed E-state index contributed by atoms with van der Waals surface area (Å²) in [6.45, 7) is 0.595. The summed E-state index contributed by atoms with van der Waals surface area (Å²) in [7, 11) is 0. The molecule has 0 saturated carbocycles. The van der Waals surface area contributed by atoms with E-state index in [0.717, 1.165) is 17.7 Å². The molecule has 2 aromatic rings. The van der Waals surface area contributed by atoms with E-state index in [0.29, 0.717) is 12.2 Å². The van der Waals surface area contributed by atoms with Crippen molar-refractivity contribution in [3.05, 3.63) is 69.3 Å². The smallest absolute Gasteiger partial charge is 0.269 e. The number of carbonyl (C=O) groups is 2. The van der Waals surface area contributed by atoms with E-state index in [2.05, 4.69) is 10.9 Å². The van der Waals surface area contributed by atoms with Gasteiger partial charge in [-0.3, -0.25) is 30.6 Å². The maximum atomic E-state index is 12.1. The van der Waals surface area contributed by atoms with Gasteiger partial charge in [0.1, 0.15) is 5.75 Å². The van der Waals surface area contributed by atoms with Gasteiger partial charge >= 0.3 is 0 Å². The summed E-state index contributed by atoms with van der Waals surface area (Å²) in [5, 5.41) is 10.6. The lowest BCUT2D eigenvalue weighted by Crippen LogP contribution is -2.41. The van der Waals surface area contributed by atoms with Gasteiger partial charge in [-0.25, -0.2) is 0 Å². The maximum Gasteiger partial charge on any atom is 0.269 e. The molecule has 2 amide bonds. The number of benzene rings is 2. The predicted molar refractivity (Wildman–Crippen MR) is 83.7 cm³/mol. The lowest BCUT2D eigenvalue weighted by atomic mass is 10.1. The number of fused-ring (bicyclic) bond motifs is 1. The molecule has 0 aromatic heterocycles.